The number of carbonyl (C=O) groups excluding carboxylic acids is 1. The van der Waals surface area contributed by atoms with Crippen molar-refractivity contribution in [3.05, 3.63) is 77.1 Å². The van der Waals surface area contributed by atoms with Gasteiger partial charge in [-0.05, 0) is 54.5 Å². The molecule has 0 atom stereocenters. The van der Waals surface area contributed by atoms with Crippen molar-refractivity contribution < 1.29 is 9.18 Å². The molecule has 2 aromatic heterocycles. The van der Waals surface area contributed by atoms with Crippen LogP contribution in [0.5, 0.6) is 0 Å². The number of fused-ring (bicyclic) bond motifs is 1. The molecule has 2 bridgehead atoms. The van der Waals surface area contributed by atoms with E-state index in [9.17, 15) is 9.18 Å². The molecule has 3 heterocycles. The van der Waals surface area contributed by atoms with E-state index in [2.05, 4.69) is 44.7 Å². The van der Waals surface area contributed by atoms with Gasteiger partial charge in [-0.3, -0.25) is 9.48 Å². The normalized spacial score (nSPS) is 25.2. The molecular formula is C25H25ClFN5O. The molecule has 0 radical (unpaired) electrons. The summed E-state index contributed by atoms with van der Waals surface area (Å²) in [4.78, 5) is 17.9. The third kappa shape index (κ3) is 3.64. The molecular weight excluding hydrogens is 441 g/mol. The molecule has 0 saturated heterocycles. The third-order valence-corrected chi connectivity index (χ3v) is 7.62. The van der Waals surface area contributed by atoms with Crippen LogP contribution in [0.4, 0.5) is 4.39 Å². The van der Waals surface area contributed by atoms with Crippen molar-refractivity contribution >= 4 is 28.4 Å². The predicted molar refractivity (Wildman–Crippen MR) is 125 cm³/mol. The monoisotopic (exact) mass is 465 g/mol. The summed E-state index contributed by atoms with van der Waals surface area (Å²) in [5, 5.41) is 8.47. The lowest BCUT2D eigenvalue weighted by molar-refractivity contribution is -0.218. The molecule has 4 aliphatic rings. The van der Waals surface area contributed by atoms with E-state index in [0.717, 1.165) is 25.0 Å². The van der Waals surface area contributed by atoms with Crippen molar-refractivity contribution in [3.63, 3.8) is 0 Å². The molecule has 33 heavy (non-hydrogen) atoms. The molecule has 3 aromatic rings. The fourth-order valence-electron chi connectivity index (χ4n) is 6.10. The number of hydrogen-bond donors (Lipinski definition) is 2. The summed E-state index contributed by atoms with van der Waals surface area (Å²) in [7, 11) is 0. The zero-order valence-electron chi connectivity index (χ0n) is 18.2. The average Bonchev–Trinajstić information content (AvgIpc) is 3.37. The number of aromatic amines is 1. The second-order valence-corrected chi connectivity index (χ2v) is 10.4. The lowest BCUT2D eigenvalue weighted by atomic mass is 9.35. The van der Waals surface area contributed by atoms with Gasteiger partial charge < -0.3 is 15.2 Å². The van der Waals surface area contributed by atoms with Crippen LogP contribution in [0.25, 0.3) is 10.9 Å². The highest BCUT2D eigenvalue weighted by molar-refractivity contribution is 6.35. The quantitative estimate of drug-likeness (QED) is 0.534. The van der Waals surface area contributed by atoms with E-state index in [0.29, 0.717) is 32.5 Å². The first kappa shape index (κ1) is 20.5. The lowest BCUT2D eigenvalue weighted by Gasteiger charge is -2.71. The van der Waals surface area contributed by atoms with E-state index in [1.807, 2.05) is 4.68 Å². The van der Waals surface area contributed by atoms with Gasteiger partial charge in [0, 0.05) is 55.0 Å². The second-order valence-electron chi connectivity index (χ2n) is 9.96. The largest absolute Gasteiger partial charge is 0.373 e. The van der Waals surface area contributed by atoms with E-state index in [1.54, 1.807) is 24.7 Å². The Kier molecular flexibility index (Phi) is 4.66. The Hall–Kier alpha value is -3.06. The maximum atomic E-state index is 14.4. The van der Waals surface area contributed by atoms with Crippen molar-refractivity contribution in [1.29, 1.82) is 0 Å². The maximum absolute atomic E-state index is 14.4. The van der Waals surface area contributed by atoms with Crippen LogP contribution in [0.15, 0.2) is 55.2 Å². The molecule has 1 aromatic carbocycles. The van der Waals surface area contributed by atoms with Crippen LogP contribution in [0.2, 0.25) is 5.02 Å². The summed E-state index contributed by atoms with van der Waals surface area (Å²) < 4.78 is 16.2. The third-order valence-electron chi connectivity index (χ3n) is 7.30. The zero-order valence-corrected chi connectivity index (χ0v) is 18.9. The fourth-order valence-corrected chi connectivity index (χ4v) is 6.31. The van der Waals surface area contributed by atoms with Crippen LogP contribution in [0, 0.1) is 16.6 Å². The molecule has 170 valence electrons. The van der Waals surface area contributed by atoms with Crippen molar-refractivity contribution in [1.82, 2.24) is 25.0 Å². The Morgan fingerprint density at radius 1 is 1.21 bits per heavy atom. The van der Waals surface area contributed by atoms with Gasteiger partial charge in [-0.2, -0.15) is 5.10 Å². The highest BCUT2D eigenvalue weighted by Gasteiger charge is 2.67. The smallest absolute Gasteiger partial charge is 0.254 e. The number of amides is 1. The van der Waals surface area contributed by atoms with Gasteiger partial charge in [-0.1, -0.05) is 23.8 Å². The molecule has 0 unspecified atom stereocenters. The van der Waals surface area contributed by atoms with Gasteiger partial charge in [0.1, 0.15) is 5.82 Å². The topological polar surface area (TPSA) is 66.0 Å². The number of H-pyrrole nitrogens is 1. The number of benzene rings is 1. The van der Waals surface area contributed by atoms with E-state index >= 15 is 0 Å². The van der Waals surface area contributed by atoms with Gasteiger partial charge in [-0.25, -0.2) is 4.39 Å². The average molecular weight is 466 g/mol. The first-order valence-electron chi connectivity index (χ1n) is 11.3. The highest BCUT2D eigenvalue weighted by Crippen LogP contribution is 2.74. The summed E-state index contributed by atoms with van der Waals surface area (Å²) in [5.41, 5.74) is 2.29. The molecule has 1 amide bonds. The first-order chi connectivity index (χ1) is 15.9. The predicted octanol–water partition coefficient (Wildman–Crippen LogP) is 4.64. The summed E-state index contributed by atoms with van der Waals surface area (Å²) in [6, 6.07) is 3.07. The van der Waals surface area contributed by atoms with Crippen molar-refractivity contribution in [2.24, 2.45) is 10.8 Å². The number of carbonyl (C=O) groups is 1. The lowest BCUT2D eigenvalue weighted by Crippen LogP contribution is -2.66. The highest BCUT2D eigenvalue weighted by atomic mass is 35.5. The number of aromatic nitrogens is 3. The van der Waals surface area contributed by atoms with Crippen molar-refractivity contribution in [3.8, 4) is 0 Å². The van der Waals surface area contributed by atoms with Gasteiger partial charge in [0.15, 0.2) is 0 Å². The van der Waals surface area contributed by atoms with E-state index < -0.39 is 0 Å². The number of nitrogens with one attached hydrogen (secondary N) is 2. The number of allylic oxidation sites excluding steroid dienone is 2. The van der Waals surface area contributed by atoms with Crippen LogP contribution < -0.4 is 5.32 Å². The number of rotatable bonds is 7. The van der Waals surface area contributed by atoms with Gasteiger partial charge in [0.2, 0.25) is 0 Å². The van der Waals surface area contributed by atoms with Crippen LogP contribution >= 0.6 is 11.6 Å². The molecule has 7 rings (SSSR count). The van der Waals surface area contributed by atoms with E-state index in [4.69, 9.17) is 11.6 Å². The minimum atomic E-state index is -0.384. The molecule has 3 fully saturated rings. The van der Waals surface area contributed by atoms with E-state index in [-0.39, 0.29) is 18.3 Å². The van der Waals surface area contributed by atoms with Crippen LogP contribution in [-0.2, 0) is 13.1 Å². The van der Waals surface area contributed by atoms with Crippen molar-refractivity contribution in [2.45, 2.75) is 32.4 Å². The van der Waals surface area contributed by atoms with Gasteiger partial charge in [-0.15, -0.1) is 0 Å². The fraction of sp³-hybridized carbons (Fsp3) is 0.360. The Morgan fingerprint density at radius 3 is 2.82 bits per heavy atom. The Bertz CT molecular complexity index is 1290. The van der Waals surface area contributed by atoms with Gasteiger partial charge in [0.05, 0.1) is 16.8 Å². The summed E-state index contributed by atoms with van der Waals surface area (Å²) in [5.74, 6) is -0.648. The molecule has 1 aliphatic heterocycles. The molecule has 2 N–H and O–H groups in total. The number of nitrogens with zero attached hydrogens (tertiary/aromatic N) is 3. The molecule has 8 heteroatoms. The molecule has 3 saturated carbocycles. The maximum Gasteiger partial charge on any atom is 0.254 e. The molecule has 0 spiro atoms. The molecule has 6 nitrogen and oxygen atoms in total. The van der Waals surface area contributed by atoms with Crippen LogP contribution in [0.3, 0.4) is 0 Å². The second kappa shape index (κ2) is 7.48. The van der Waals surface area contributed by atoms with Gasteiger partial charge in [0.25, 0.3) is 5.91 Å². The standard InChI is InChI=1S/C25H25ClFN5O/c26-20-10-28-22-7-21(27)17(6-19(20)22)8-29-23(33)18-9-30-32(11-18)16-25-12-24(13-25,14-25)15-31-4-2-1-3-5-31/h1-4,6-7,9-11,28H,5,8,12-16H2,(H,29,33). The number of hydrogen-bond acceptors (Lipinski definition) is 3. The summed E-state index contributed by atoms with van der Waals surface area (Å²) >= 11 is 6.13. The zero-order chi connectivity index (χ0) is 22.6. The van der Waals surface area contributed by atoms with E-state index in [1.165, 1.54) is 25.3 Å². The summed E-state index contributed by atoms with van der Waals surface area (Å²) in [6.07, 6.45) is 17.2. The van der Waals surface area contributed by atoms with Gasteiger partial charge >= 0.3 is 0 Å². The first-order valence-corrected chi connectivity index (χ1v) is 11.6. The Labute approximate surface area is 196 Å². The van der Waals surface area contributed by atoms with Crippen molar-refractivity contribution in [2.75, 3.05) is 13.1 Å². The minimum Gasteiger partial charge on any atom is -0.373 e. The Balaban J connectivity index is 1.04. The van der Waals surface area contributed by atoms with Crippen LogP contribution in [0.1, 0.15) is 35.2 Å². The molecule has 3 aliphatic carbocycles. The Morgan fingerprint density at radius 2 is 2.03 bits per heavy atom. The van der Waals surface area contributed by atoms with Crippen LogP contribution in [-0.4, -0.2) is 38.7 Å². The summed E-state index contributed by atoms with van der Waals surface area (Å²) in [6.45, 7) is 3.05. The SMILES string of the molecule is O=C(NCc1cc2c(Cl)c[nH]c2cc1F)c1cnn(CC23CC(CN4C=CC=CC4)(C2)C3)c1. The number of halogens is 2. The minimum absolute atomic E-state index is 0.0832.